The van der Waals surface area contributed by atoms with Gasteiger partial charge in [0.2, 0.25) is 0 Å². The van der Waals surface area contributed by atoms with Crippen LogP contribution in [0.25, 0.3) is 0 Å². The van der Waals surface area contributed by atoms with E-state index in [1.54, 1.807) is 20.3 Å². The number of ether oxygens (including phenoxy) is 3. The van der Waals surface area contributed by atoms with Gasteiger partial charge in [-0.15, -0.1) is 0 Å². The molecule has 0 aliphatic rings. The van der Waals surface area contributed by atoms with Gasteiger partial charge in [-0.05, 0) is 17.7 Å². The van der Waals surface area contributed by atoms with Crippen LogP contribution in [-0.4, -0.2) is 19.4 Å². The third-order valence-corrected chi connectivity index (χ3v) is 2.73. The molecule has 1 aromatic heterocycles. The fourth-order valence-electron chi connectivity index (χ4n) is 1.75. The molecule has 0 aliphatic heterocycles. The highest BCUT2D eigenvalue weighted by Gasteiger charge is 2.08. The van der Waals surface area contributed by atoms with Gasteiger partial charge in [0, 0.05) is 19.7 Å². The molecule has 0 bridgehead atoms. The van der Waals surface area contributed by atoms with Gasteiger partial charge in [0.15, 0.2) is 17.3 Å². The summed E-state index contributed by atoms with van der Waals surface area (Å²) in [4.78, 5) is 0. The quantitative estimate of drug-likeness (QED) is 0.832. The summed E-state index contributed by atoms with van der Waals surface area (Å²) in [5.41, 5.74) is 7.28. The second-order valence-electron chi connectivity index (χ2n) is 4.20. The van der Waals surface area contributed by atoms with E-state index in [9.17, 15) is 0 Å². The van der Waals surface area contributed by atoms with Crippen molar-refractivity contribution in [3.8, 4) is 11.5 Å². The molecule has 2 rings (SSSR count). The van der Waals surface area contributed by atoms with E-state index in [-0.39, 0.29) is 6.61 Å². The number of nitrogens with zero attached hydrogens (tertiary/aromatic N) is 1. The smallest absolute Gasteiger partial charge is 0.162 e. The SMILES string of the molecule is COCc1cc(COc2cc(CN)ccc2OC)no1. The fraction of sp³-hybridized carbons (Fsp3) is 0.357. The maximum absolute atomic E-state index is 5.70. The number of hydrogen-bond donors (Lipinski definition) is 1. The molecule has 0 radical (unpaired) electrons. The van der Waals surface area contributed by atoms with Gasteiger partial charge < -0.3 is 24.5 Å². The van der Waals surface area contributed by atoms with Crippen LogP contribution in [0.3, 0.4) is 0 Å². The molecule has 2 aromatic rings. The summed E-state index contributed by atoms with van der Waals surface area (Å²) in [6, 6.07) is 7.38. The van der Waals surface area contributed by atoms with Crippen LogP contribution in [0.5, 0.6) is 11.5 Å². The molecular formula is C14H18N2O4. The van der Waals surface area contributed by atoms with Gasteiger partial charge in [-0.1, -0.05) is 11.2 Å². The molecule has 1 heterocycles. The molecule has 0 amide bonds. The van der Waals surface area contributed by atoms with Crippen molar-refractivity contribution in [3.05, 3.63) is 41.3 Å². The summed E-state index contributed by atoms with van der Waals surface area (Å²) >= 11 is 0. The van der Waals surface area contributed by atoms with Crippen molar-refractivity contribution in [1.29, 1.82) is 0 Å². The van der Waals surface area contributed by atoms with Crippen LogP contribution in [0, 0.1) is 0 Å². The van der Waals surface area contributed by atoms with E-state index < -0.39 is 0 Å². The molecule has 0 unspecified atom stereocenters. The van der Waals surface area contributed by atoms with Crippen molar-refractivity contribution in [1.82, 2.24) is 5.16 Å². The second kappa shape index (κ2) is 6.93. The van der Waals surface area contributed by atoms with Crippen LogP contribution in [0.4, 0.5) is 0 Å². The number of benzene rings is 1. The topological polar surface area (TPSA) is 79.7 Å². The Balaban J connectivity index is 2.05. The summed E-state index contributed by atoms with van der Waals surface area (Å²) in [5.74, 6) is 1.95. The van der Waals surface area contributed by atoms with E-state index in [1.165, 1.54) is 0 Å². The molecule has 0 aliphatic carbocycles. The minimum absolute atomic E-state index is 0.289. The van der Waals surface area contributed by atoms with Gasteiger partial charge in [0.25, 0.3) is 0 Å². The van der Waals surface area contributed by atoms with Crippen LogP contribution >= 0.6 is 0 Å². The van der Waals surface area contributed by atoms with Crippen molar-refractivity contribution < 1.29 is 18.7 Å². The zero-order valence-corrected chi connectivity index (χ0v) is 11.6. The summed E-state index contributed by atoms with van der Waals surface area (Å²) in [6.07, 6.45) is 0. The van der Waals surface area contributed by atoms with Gasteiger partial charge in [0.1, 0.15) is 18.9 Å². The van der Waals surface area contributed by atoms with Crippen LogP contribution in [0.15, 0.2) is 28.8 Å². The van der Waals surface area contributed by atoms with E-state index in [0.717, 1.165) is 5.56 Å². The van der Waals surface area contributed by atoms with Crippen molar-refractivity contribution in [2.45, 2.75) is 19.8 Å². The Labute approximate surface area is 117 Å². The number of hydrogen-bond acceptors (Lipinski definition) is 6. The van der Waals surface area contributed by atoms with E-state index in [2.05, 4.69) is 5.16 Å². The molecule has 0 saturated heterocycles. The summed E-state index contributed by atoms with van der Waals surface area (Å²) in [6.45, 7) is 1.12. The second-order valence-corrected chi connectivity index (χ2v) is 4.20. The van der Waals surface area contributed by atoms with Crippen LogP contribution in [-0.2, 0) is 24.5 Å². The van der Waals surface area contributed by atoms with E-state index >= 15 is 0 Å². The Morgan fingerprint density at radius 2 is 2.00 bits per heavy atom. The predicted molar refractivity (Wildman–Crippen MR) is 72.4 cm³/mol. The average Bonchev–Trinajstić information content (AvgIpc) is 2.93. The summed E-state index contributed by atoms with van der Waals surface area (Å²) in [5, 5.41) is 3.90. The first-order valence-electron chi connectivity index (χ1n) is 6.20. The first kappa shape index (κ1) is 14.4. The lowest BCUT2D eigenvalue weighted by atomic mass is 10.2. The molecule has 108 valence electrons. The van der Waals surface area contributed by atoms with Crippen molar-refractivity contribution >= 4 is 0 Å². The molecule has 2 N–H and O–H groups in total. The standard InChI is InChI=1S/C14H18N2O4/c1-17-9-12-6-11(16-20-12)8-19-14-5-10(7-15)3-4-13(14)18-2/h3-6H,7-9,15H2,1-2H3. The zero-order chi connectivity index (χ0) is 14.4. The van der Waals surface area contributed by atoms with Crippen LogP contribution < -0.4 is 15.2 Å². The minimum Gasteiger partial charge on any atom is -0.493 e. The maximum atomic E-state index is 5.70. The molecule has 0 saturated carbocycles. The highest BCUT2D eigenvalue weighted by atomic mass is 16.5. The summed E-state index contributed by atoms with van der Waals surface area (Å²) < 4.78 is 21.0. The van der Waals surface area contributed by atoms with Gasteiger partial charge in [-0.25, -0.2) is 0 Å². The molecule has 20 heavy (non-hydrogen) atoms. The molecule has 6 heteroatoms. The highest BCUT2D eigenvalue weighted by Crippen LogP contribution is 2.28. The predicted octanol–water partition coefficient (Wildman–Crippen LogP) is 1.87. The van der Waals surface area contributed by atoms with E-state index in [1.807, 2.05) is 18.2 Å². The molecule has 0 atom stereocenters. The van der Waals surface area contributed by atoms with Crippen LogP contribution in [0.1, 0.15) is 17.0 Å². The monoisotopic (exact) mass is 278 g/mol. The van der Waals surface area contributed by atoms with Gasteiger partial charge in [-0.2, -0.15) is 0 Å². The molecule has 1 aromatic carbocycles. The Morgan fingerprint density at radius 3 is 2.70 bits per heavy atom. The number of rotatable bonds is 7. The Kier molecular flexibility index (Phi) is 4.97. The first-order valence-corrected chi connectivity index (χ1v) is 6.20. The molecule has 6 nitrogen and oxygen atoms in total. The fourth-order valence-corrected chi connectivity index (χ4v) is 1.75. The Hall–Kier alpha value is -2.05. The molecule has 0 fully saturated rings. The highest BCUT2D eigenvalue weighted by molar-refractivity contribution is 5.43. The first-order chi connectivity index (χ1) is 9.76. The lowest BCUT2D eigenvalue weighted by molar-refractivity contribution is 0.155. The van der Waals surface area contributed by atoms with Crippen molar-refractivity contribution in [2.75, 3.05) is 14.2 Å². The third-order valence-electron chi connectivity index (χ3n) is 2.73. The maximum Gasteiger partial charge on any atom is 0.162 e. The zero-order valence-electron chi connectivity index (χ0n) is 11.6. The lowest BCUT2D eigenvalue weighted by Gasteiger charge is -2.10. The van der Waals surface area contributed by atoms with E-state index in [0.29, 0.717) is 36.1 Å². The van der Waals surface area contributed by atoms with Gasteiger partial charge in [-0.3, -0.25) is 0 Å². The largest absolute Gasteiger partial charge is 0.493 e. The number of aromatic nitrogens is 1. The van der Waals surface area contributed by atoms with Gasteiger partial charge >= 0.3 is 0 Å². The van der Waals surface area contributed by atoms with E-state index in [4.69, 9.17) is 24.5 Å². The molecule has 0 spiro atoms. The minimum atomic E-state index is 0.289. The third kappa shape index (κ3) is 3.49. The Bertz CT molecular complexity index is 554. The van der Waals surface area contributed by atoms with Gasteiger partial charge in [0.05, 0.1) is 7.11 Å². The molecular weight excluding hydrogens is 260 g/mol. The summed E-state index contributed by atoms with van der Waals surface area (Å²) in [7, 11) is 3.19. The normalized spacial score (nSPS) is 10.6. The average molecular weight is 278 g/mol. The Morgan fingerprint density at radius 1 is 1.15 bits per heavy atom. The number of nitrogens with two attached hydrogens (primary N) is 1. The number of methoxy groups -OCH3 is 2. The van der Waals surface area contributed by atoms with Crippen molar-refractivity contribution in [2.24, 2.45) is 5.73 Å². The van der Waals surface area contributed by atoms with Crippen LogP contribution in [0.2, 0.25) is 0 Å². The lowest BCUT2D eigenvalue weighted by Crippen LogP contribution is -2.01. The van der Waals surface area contributed by atoms with Crippen molar-refractivity contribution in [3.63, 3.8) is 0 Å².